The Morgan fingerprint density at radius 3 is 2.35 bits per heavy atom. The van der Waals surface area contributed by atoms with Gasteiger partial charge < -0.3 is 5.11 Å². The van der Waals surface area contributed by atoms with E-state index in [9.17, 15) is 19.7 Å². The van der Waals surface area contributed by atoms with Crippen LogP contribution < -0.4 is 0 Å². The van der Waals surface area contributed by atoms with Crippen molar-refractivity contribution in [1.82, 2.24) is 0 Å². The number of carbonyl (C=O) groups excluding carboxylic acids is 1. The van der Waals surface area contributed by atoms with Crippen molar-refractivity contribution in [1.29, 1.82) is 0 Å². The van der Waals surface area contributed by atoms with Crippen molar-refractivity contribution in [2.45, 2.75) is 13.8 Å². The van der Waals surface area contributed by atoms with Crippen LogP contribution in [0.3, 0.4) is 0 Å². The molecule has 17 heavy (non-hydrogen) atoms. The molecule has 0 fully saturated rings. The molecule has 1 heterocycles. The van der Waals surface area contributed by atoms with Gasteiger partial charge in [-0.15, -0.1) is 0 Å². The van der Waals surface area contributed by atoms with Crippen LogP contribution in [0.4, 0.5) is 5.00 Å². The molecule has 0 bridgehead atoms. The molecule has 0 aliphatic rings. The quantitative estimate of drug-likeness (QED) is 0.495. The number of carboxylic acid groups (broad SMARTS) is 1. The minimum atomic E-state index is -1.06. The lowest BCUT2D eigenvalue weighted by Crippen LogP contribution is -2.24. The van der Waals surface area contributed by atoms with Gasteiger partial charge in [0.05, 0.1) is 15.7 Å². The summed E-state index contributed by atoms with van der Waals surface area (Å²) in [6.07, 6.45) is 0. The molecule has 0 aromatic carbocycles. The number of ketones is 1. The molecule has 1 N–H and O–H groups in total. The number of rotatable bonds is 5. The number of nitrogens with zero attached hydrogens (tertiary/aromatic N) is 1. The van der Waals surface area contributed by atoms with Gasteiger partial charge in [0.2, 0.25) is 0 Å². The van der Waals surface area contributed by atoms with Crippen LogP contribution in [0.25, 0.3) is 0 Å². The molecule has 1 aromatic rings. The first-order valence-corrected chi connectivity index (χ1v) is 5.67. The highest BCUT2D eigenvalue weighted by atomic mass is 32.1. The van der Waals surface area contributed by atoms with Crippen LogP contribution in [0.1, 0.15) is 23.5 Å². The zero-order valence-electron chi connectivity index (χ0n) is 9.25. The predicted molar refractivity (Wildman–Crippen MR) is 61.3 cm³/mol. The number of hydrogen-bond acceptors (Lipinski definition) is 5. The van der Waals surface area contributed by atoms with E-state index < -0.39 is 22.7 Å². The second-order valence-corrected chi connectivity index (χ2v) is 4.74. The smallest absolute Gasteiger partial charge is 0.324 e. The monoisotopic (exact) mass is 257 g/mol. The first-order valence-electron chi connectivity index (χ1n) is 4.85. The predicted octanol–water partition coefficient (Wildman–Crippen LogP) is 2.20. The number of hydrogen-bond donors (Lipinski definition) is 1. The lowest BCUT2D eigenvalue weighted by Gasteiger charge is -2.13. The minimum absolute atomic E-state index is 0.122. The SMILES string of the molecule is CC(C(=O)O)C(C)C(=O)c1ccc([N+](=O)[O-])s1. The summed E-state index contributed by atoms with van der Waals surface area (Å²) < 4.78 is 0. The third kappa shape index (κ3) is 2.88. The molecule has 0 aliphatic heterocycles. The van der Waals surface area contributed by atoms with Crippen molar-refractivity contribution in [3.05, 3.63) is 27.1 Å². The summed E-state index contributed by atoms with van der Waals surface area (Å²) in [5.74, 6) is -2.95. The average Bonchev–Trinajstić information content (AvgIpc) is 2.75. The summed E-state index contributed by atoms with van der Waals surface area (Å²) in [7, 11) is 0. The molecule has 6 nitrogen and oxygen atoms in total. The van der Waals surface area contributed by atoms with Crippen LogP contribution in [0.2, 0.25) is 0 Å². The molecule has 0 saturated heterocycles. The van der Waals surface area contributed by atoms with Crippen molar-refractivity contribution in [3.63, 3.8) is 0 Å². The highest BCUT2D eigenvalue weighted by Crippen LogP contribution is 2.27. The first kappa shape index (κ1) is 13.3. The summed E-state index contributed by atoms with van der Waals surface area (Å²) in [6.45, 7) is 2.94. The number of carboxylic acids is 1. The van der Waals surface area contributed by atoms with E-state index in [1.165, 1.54) is 26.0 Å². The number of carbonyl (C=O) groups is 2. The Labute approximate surface area is 101 Å². The largest absolute Gasteiger partial charge is 0.481 e. The minimum Gasteiger partial charge on any atom is -0.481 e. The molecule has 2 unspecified atom stereocenters. The zero-order valence-corrected chi connectivity index (χ0v) is 10.1. The molecule has 0 aliphatic carbocycles. The highest BCUT2D eigenvalue weighted by molar-refractivity contribution is 7.17. The Morgan fingerprint density at radius 1 is 1.35 bits per heavy atom. The van der Waals surface area contributed by atoms with Crippen molar-refractivity contribution in [3.8, 4) is 0 Å². The van der Waals surface area contributed by atoms with Gasteiger partial charge in [0.1, 0.15) is 0 Å². The van der Waals surface area contributed by atoms with E-state index in [1.807, 2.05) is 0 Å². The summed E-state index contributed by atoms with van der Waals surface area (Å²) in [6, 6.07) is 2.60. The van der Waals surface area contributed by atoms with Crippen LogP contribution in [-0.2, 0) is 4.79 Å². The Hall–Kier alpha value is -1.76. The number of aliphatic carboxylic acids is 1. The van der Waals surface area contributed by atoms with Gasteiger partial charge in [-0.25, -0.2) is 0 Å². The van der Waals surface area contributed by atoms with Gasteiger partial charge in [-0.05, 0) is 6.07 Å². The lowest BCUT2D eigenvalue weighted by molar-refractivity contribution is -0.380. The zero-order chi connectivity index (χ0) is 13.2. The van der Waals surface area contributed by atoms with Gasteiger partial charge in [-0.2, -0.15) is 0 Å². The van der Waals surface area contributed by atoms with Gasteiger partial charge in [0.25, 0.3) is 0 Å². The maximum Gasteiger partial charge on any atom is 0.324 e. The van der Waals surface area contributed by atoms with E-state index in [0.29, 0.717) is 0 Å². The maximum atomic E-state index is 11.9. The Balaban J connectivity index is 2.89. The van der Waals surface area contributed by atoms with Crippen LogP contribution in [0, 0.1) is 22.0 Å². The average molecular weight is 257 g/mol. The van der Waals surface area contributed by atoms with Crippen molar-refractivity contribution < 1.29 is 19.6 Å². The summed E-state index contributed by atoms with van der Waals surface area (Å²) in [4.78, 5) is 32.7. The van der Waals surface area contributed by atoms with Gasteiger partial charge in [0.15, 0.2) is 5.78 Å². The third-order valence-electron chi connectivity index (χ3n) is 2.57. The summed E-state index contributed by atoms with van der Waals surface area (Å²) in [5.41, 5.74) is 0. The van der Waals surface area contributed by atoms with Crippen LogP contribution >= 0.6 is 11.3 Å². The molecular formula is C10H11NO5S. The van der Waals surface area contributed by atoms with E-state index in [0.717, 1.165) is 11.3 Å². The van der Waals surface area contributed by atoms with E-state index in [1.54, 1.807) is 0 Å². The number of Topliss-reactive ketones (excluding diaryl/α,β-unsaturated/α-hetero) is 1. The second kappa shape index (κ2) is 5.05. The van der Waals surface area contributed by atoms with Gasteiger partial charge in [0, 0.05) is 12.0 Å². The molecule has 1 rings (SSSR count). The molecule has 2 atom stereocenters. The van der Waals surface area contributed by atoms with Gasteiger partial charge >= 0.3 is 11.0 Å². The van der Waals surface area contributed by atoms with Crippen LogP contribution in [0.15, 0.2) is 12.1 Å². The van der Waals surface area contributed by atoms with Crippen molar-refractivity contribution in [2.24, 2.45) is 11.8 Å². The molecule has 0 amide bonds. The molecule has 92 valence electrons. The Kier molecular flexibility index (Phi) is 3.95. The topological polar surface area (TPSA) is 97.5 Å². The molecule has 0 saturated carbocycles. The molecular weight excluding hydrogens is 246 g/mol. The number of thiophene rings is 1. The van der Waals surface area contributed by atoms with Gasteiger partial charge in [-0.1, -0.05) is 25.2 Å². The normalized spacial score (nSPS) is 14.0. The van der Waals surface area contributed by atoms with E-state index in [2.05, 4.69) is 0 Å². The Bertz CT molecular complexity index is 467. The molecule has 0 spiro atoms. The molecule has 0 radical (unpaired) electrons. The van der Waals surface area contributed by atoms with Crippen molar-refractivity contribution in [2.75, 3.05) is 0 Å². The second-order valence-electron chi connectivity index (χ2n) is 3.67. The first-order chi connectivity index (χ1) is 7.84. The van der Waals surface area contributed by atoms with E-state index in [-0.39, 0.29) is 15.7 Å². The third-order valence-corrected chi connectivity index (χ3v) is 3.62. The standard InChI is InChI=1S/C10H11NO5S/c1-5(6(2)10(13)14)9(12)7-3-4-8(17-7)11(15)16/h3-6H,1-2H3,(H,13,14). The highest BCUT2D eigenvalue weighted by Gasteiger charge is 2.28. The molecule has 1 aromatic heterocycles. The van der Waals surface area contributed by atoms with Crippen LogP contribution in [-0.4, -0.2) is 21.8 Å². The van der Waals surface area contributed by atoms with Crippen molar-refractivity contribution >= 4 is 28.1 Å². The van der Waals surface area contributed by atoms with E-state index >= 15 is 0 Å². The summed E-state index contributed by atoms with van der Waals surface area (Å²) >= 11 is 0.765. The molecule has 7 heteroatoms. The fourth-order valence-electron chi connectivity index (χ4n) is 1.22. The fraction of sp³-hybridized carbons (Fsp3) is 0.400. The fourth-order valence-corrected chi connectivity index (χ4v) is 2.08. The lowest BCUT2D eigenvalue weighted by atomic mass is 9.91. The van der Waals surface area contributed by atoms with Crippen LogP contribution in [0.5, 0.6) is 0 Å². The van der Waals surface area contributed by atoms with Gasteiger partial charge in [-0.3, -0.25) is 19.7 Å². The summed E-state index contributed by atoms with van der Waals surface area (Å²) in [5, 5.41) is 19.1. The maximum absolute atomic E-state index is 11.9. The Morgan fingerprint density at radius 2 is 1.94 bits per heavy atom. The van der Waals surface area contributed by atoms with E-state index in [4.69, 9.17) is 5.11 Å². The number of nitro groups is 1.